The molecule has 2 aliphatic heterocycles. The third-order valence-electron chi connectivity index (χ3n) is 6.05. The van der Waals surface area contributed by atoms with E-state index in [1.807, 2.05) is 6.07 Å². The van der Waals surface area contributed by atoms with Crippen LogP contribution >= 0.6 is 0 Å². The van der Waals surface area contributed by atoms with Crippen LogP contribution in [0.5, 0.6) is 0 Å². The Labute approximate surface area is 157 Å². The van der Waals surface area contributed by atoms with Gasteiger partial charge in [0, 0.05) is 43.1 Å². The zero-order chi connectivity index (χ0) is 18.8. The normalized spacial score (nSPS) is 20.1. The lowest BCUT2D eigenvalue weighted by molar-refractivity contribution is 0.132. The molecule has 0 unspecified atom stereocenters. The molecule has 0 saturated carbocycles. The van der Waals surface area contributed by atoms with Gasteiger partial charge >= 0.3 is 0 Å². The van der Waals surface area contributed by atoms with Crippen LogP contribution in [0.3, 0.4) is 0 Å². The molecule has 0 atom stereocenters. The van der Waals surface area contributed by atoms with Gasteiger partial charge in [0.05, 0.1) is 0 Å². The van der Waals surface area contributed by atoms with Crippen LogP contribution in [0.1, 0.15) is 37.2 Å². The first-order chi connectivity index (χ1) is 13.1. The molecule has 2 fully saturated rings. The fourth-order valence-electron chi connectivity index (χ4n) is 4.48. The summed E-state index contributed by atoms with van der Waals surface area (Å²) >= 11 is 0. The van der Waals surface area contributed by atoms with Crippen LogP contribution < -0.4 is 10.5 Å². The van der Waals surface area contributed by atoms with E-state index in [1.165, 1.54) is 12.1 Å². The summed E-state index contributed by atoms with van der Waals surface area (Å²) in [6.45, 7) is 3.83. The van der Waals surface area contributed by atoms with Crippen molar-refractivity contribution in [2.45, 2.75) is 37.6 Å². The predicted molar refractivity (Wildman–Crippen MR) is 102 cm³/mol. The average Bonchev–Trinajstić information content (AvgIpc) is 2.70. The highest BCUT2D eigenvalue weighted by Gasteiger charge is 2.29. The molecule has 2 aliphatic rings. The number of aromatic amines is 1. The summed E-state index contributed by atoms with van der Waals surface area (Å²) in [6.07, 6.45) is 5.96. The molecule has 2 saturated heterocycles. The quantitative estimate of drug-likeness (QED) is 0.895. The molecule has 27 heavy (non-hydrogen) atoms. The molecule has 0 spiro atoms. The Hall–Kier alpha value is -2.21. The molecule has 4 rings (SSSR count). The van der Waals surface area contributed by atoms with Crippen LogP contribution in [0.2, 0.25) is 0 Å². The van der Waals surface area contributed by atoms with Crippen molar-refractivity contribution >= 4 is 5.69 Å². The number of rotatable bonds is 3. The van der Waals surface area contributed by atoms with Gasteiger partial charge in [-0.3, -0.25) is 4.79 Å². The minimum atomic E-state index is -0.795. The van der Waals surface area contributed by atoms with Crippen molar-refractivity contribution in [3.8, 4) is 0 Å². The van der Waals surface area contributed by atoms with Gasteiger partial charge in [-0.15, -0.1) is 0 Å². The average molecular weight is 373 g/mol. The maximum atomic E-state index is 13.5. The van der Waals surface area contributed by atoms with E-state index in [9.17, 15) is 13.6 Å². The smallest absolute Gasteiger partial charge is 0.248 e. The first-order valence-electron chi connectivity index (χ1n) is 9.73. The van der Waals surface area contributed by atoms with E-state index in [0.717, 1.165) is 63.1 Å². The van der Waals surface area contributed by atoms with Gasteiger partial charge in [0.2, 0.25) is 5.56 Å². The minimum absolute atomic E-state index is 0.0282. The van der Waals surface area contributed by atoms with Gasteiger partial charge in [-0.1, -0.05) is 0 Å². The summed E-state index contributed by atoms with van der Waals surface area (Å²) in [5, 5.41) is 0. The molecule has 2 aromatic rings. The van der Waals surface area contributed by atoms with Crippen LogP contribution in [0.15, 0.2) is 41.3 Å². The van der Waals surface area contributed by atoms with Crippen molar-refractivity contribution in [3.63, 3.8) is 0 Å². The first kappa shape index (κ1) is 18.2. The zero-order valence-corrected chi connectivity index (χ0v) is 15.3. The lowest BCUT2D eigenvalue weighted by Crippen LogP contribution is -2.47. The number of benzene rings is 1. The summed E-state index contributed by atoms with van der Waals surface area (Å²) in [5.41, 5.74) is 1.88. The zero-order valence-electron chi connectivity index (χ0n) is 15.3. The molecule has 3 heterocycles. The predicted octanol–water partition coefficient (Wildman–Crippen LogP) is 3.50. The molecular formula is C21H25F2N3O. The Morgan fingerprint density at radius 2 is 1.63 bits per heavy atom. The largest absolute Gasteiger partial charge is 0.371 e. The van der Waals surface area contributed by atoms with Crippen molar-refractivity contribution in [1.29, 1.82) is 0 Å². The highest BCUT2D eigenvalue weighted by atomic mass is 19.2. The fraction of sp³-hybridized carbons (Fsp3) is 0.476. The Kier molecular flexibility index (Phi) is 5.25. The maximum absolute atomic E-state index is 13.5. The minimum Gasteiger partial charge on any atom is -0.371 e. The van der Waals surface area contributed by atoms with Crippen molar-refractivity contribution < 1.29 is 8.78 Å². The lowest BCUT2D eigenvalue weighted by atomic mass is 9.88. The molecule has 1 aromatic carbocycles. The molecule has 1 aromatic heterocycles. The number of likely N-dealkylation sites (tertiary alicyclic amines) is 1. The number of hydrogen-bond acceptors (Lipinski definition) is 3. The molecule has 0 radical (unpaired) electrons. The van der Waals surface area contributed by atoms with Crippen LogP contribution in [-0.2, 0) is 0 Å². The Bertz CT molecular complexity index is 837. The van der Waals surface area contributed by atoms with Crippen molar-refractivity contribution in [1.82, 2.24) is 9.88 Å². The van der Waals surface area contributed by atoms with Gasteiger partial charge in [0.25, 0.3) is 0 Å². The van der Waals surface area contributed by atoms with E-state index in [2.05, 4.69) is 14.8 Å². The molecule has 1 N–H and O–H groups in total. The van der Waals surface area contributed by atoms with Crippen LogP contribution in [0.25, 0.3) is 0 Å². The van der Waals surface area contributed by atoms with Gasteiger partial charge in [0.1, 0.15) is 0 Å². The second-order valence-electron chi connectivity index (χ2n) is 7.61. The SMILES string of the molecule is O=c1cc(C2CCN(C3CCN(c4ccc(F)c(F)c4)CC3)CC2)cc[nH]1. The summed E-state index contributed by atoms with van der Waals surface area (Å²) in [5.74, 6) is -1.11. The Balaban J connectivity index is 1.30. The number of pyridine rings is 1. The first-order valence-corrected chi connectivity index (χ1v) is 9.73. The molecule has 144 valence electrons. The summed E-state index contributed by atoms with van der Waals surface area (Å²) in [4.78, 5) is 18.9. The van der Waals surface area contributed by atoms with E-state index in [-0.39, 0.29) is 5.56 Å². The molecule has 4 nitrogen and oxygen atoms in total. The van der Waals surface area contributed by atoms with Gasteiger partial charge in [-0.2, -0.15) is 0 Å². The molecule has 6 heteroatoms. The summed E-state index contributed by atoms with van der Waals surface area (Å²) < 4.78 is 26.6. The monoisotopic (exact) mass is 373 g/mol. The van der Waals surface area contributed by atoms with Gasteiger partial charge in [-0.25, -0.2) is 8.78 Å². The van der Waals surface area contributed by atoms with Crippen LogP contribution in [0, 0.1) is 11.6 Å². The summed E-state index contributed by atoms with van der Waals surface area (Å²) in [6, 6.07) is 8.44. The third kappa shape index (κ3) is 4.05. The molecule has 0 bridgehead atoms. The van der Waals surface area contributed by atoms with Crippen LogP contribution in [0.4, 0.5) is 14.5 Å². The van der Waals surface area contributed by atoms with E-state index >= 15 is 0 Å². The molecular weight excluding hydrogens is 348 g/mol. The Morgan fingerprint density at radius 1 is 0.889 bits per heavy atom. The van der Waals surface area contributed by atoms with Gasteiger partial charge in [0.15, 0.2) is 11.6 Å². The van der Waals surface area contributed by atoms with Crippen molar-refractivity contribution in [3.05, 3.63) is 64.1 Å². The fourth-order valence-corrected chi connectivity index (χ4v) is 4.48. The highest BCUT2D eigenvalue weighted by molar-refractivity contribution is 5.47. The topological polar surface area (TPSA) is 39.3 Å². The van der Waals surface area contributed by atoms with Gasteiger partial charge in [-0.05, 0) is 68.5 Å². The van der Waals surface area contributed by atoms with Crippen molar-refractivity contribution in [2.75, 3.05) is 31.1 Å². The van der Waals surface area contributed by atoms with E-state index in [4.69, 9.17) is 0 Å². The van der Waals surface area contributed by atoms with E-state index in [1.54, 1.807) is 18.3 Å². The van der Waals surface area contributed by atoms with Crippen LogP contribution in [-0.4, -0.2) is 42.1 Å². The highest BCUT2D eigenvalue weighted by Crippen LogP contribution is 2.31. The summed E-state index contributed by atoms with van der Waals surface area (Å²) in [7, 11) is 0. The number of hydrogen-bond donors (Lipinski definition) is 1. The lowest BCUT2D eigenvalue weighted by Gasteiger charge is -2.42. The second kappa shape index (κ2) is 7.80. The molecule has 0 amide bonds. The number of nitrogens with zero attached hydrogens (tertiary/aromatic N) is 2. The Morgan fingerprint density at radius 3 is 2.30 bits per heavy atom. The third-order valence-corrected chi connectivity index (χ3v) is 6.05. The standard InChI is InChI=1S/C21H25F2N3O/c22-19-2-1-18(14-20(19)23)26-11-6-17(7-12-26)25-9-4-15(5-10-25)16-3-8-24-21(27)13-16/h1-3,8,13-15,17H,4-7,9-12H2,(H,24,27). The number of aromatic nitrogens is 1. The van der Waals surface area contributed by atoms with Crippen molar-refractivity contribution in [2.24, 2.45) is 0 Å². The second-order valence-corrected chi connectivity index (χ2v) is 7.61. The number of piperidine rings is 2. The maximum Gasteiger partial charge on any atom is 0.248 e. The van der Waals surface area contributed by atoms with Gasteiger partial charge < -0.3 is 14.8 Å². The molecule has 0 aliphatic carbocycles. The van der Waals surface area contributed by atoms with E-state index < -0.39 is 11.6 Å². The number of H-pyrrole nitrogens is 1. The number of anilines is 1. The number of halogens is 2. The number of nitrogens with one attached hydrogen (secondary N) is 1. The van der Waals surface area contributed by atoms with E-state index in [0.29, 0.717) is 12.0 Å².